The van der Waals surface area contributed by atoms with Gasteiger partial charge in [0.1, 0.15) is 0 Å². The zero-order valence-corrected chi connectivity index (χ0v) is 8.83. The molecular weight excluding hydrogens is 180 g/mol. The minimum absolute atomic E-state index is 0.0172. The molecule has 1 unspecified atom stereocenters. The fraction of sp³-hybridized carbons (Fsp3) is 0.900. The first-order valence-electron chi connectivity index (χ1n) is 5.36. The first kappa shape index (κ1) is 11.5. The van der Waals surface area contributed by atoms with E-state index in [1.807, 2.05) is 0 Å². The van der Waals surface area contributed by atoms with Crippen LogP contribution >= 0.6 is 0 Å². The van der Waals surface area contributed by atoms with E-state index >= 15 is 0 Å². The average molecular weight is 200 g/mol. The van der Waals surface area contributed by atoms with Crippen molar-refractivity contribution in [2.45, 2.75) is 19.8 Å². The molecule has 4 heteroatoms. The summed E-state index contributed by atoms with van der Waals surface area (Å²) in [6, 6.07) is 0. The summed E-state index contributed by atoms with van der Waals surface area (Å²) in [4.78, 5) is 13.5. The quantitative estimate of drug-likeness (QED) is 0.647. The van der Waals surface area contributed by atoms with Gasteiger partial charge < -0.3 is 10.4 Å². The van der Waals surface area contributed by atoms with Crippen LogP contribution in [0.2, 0.25) is 0 Å². The molecule has 0 aromatic heterocycles. The molecule has 4 nitrogen and oxygen atoms in total. The Morgan fingerprint density at radius 3 is 3.00 bits per heavy atom. The summed E-state index contributed by atoms with van der Waals surface area (Å²) >= 11 is 0. The number of aliphatic hydroxyl groups is 1. The van der Waals surface area contributed by atoms with E-state index in [-0.39, 0.29) is 12.5 Å². The van der Waals surface area contributed by atoms with Gasteiger partial charge in [-0.05, 0) is 18.9 Å². The smallest absolute Gasteiger partial charge is 0.234 e. The van der Waals surface area contributed by atoms with Crippen LogP contribution in [-0.2, 0) is 4.79 Å². The highest BCUT2D eigenvalue weighted by molar-refractivity contribution is 5.78. The standard InChI is InChI=1S/C10H20N2O2/c1-2-9-3-5-12(7-9)8-10(14)11-4-6-13/h9,13H,2-8H2,1H3,(H,11,14). The van der Waals surface area contributed by atoms with E-state index in [1.54, 1.807) is 0 Å². The van der Waals surface area contributed by atoms with Crippen LogP contribution in [-0.4, -0.2) is 48.7 Å². The molecule has 1 aliphatic rings. The number of likely N-dealkylation sites (tertiary alicyclic amines) is 1. The Morgan fingerprint density at radius 1 is 1.64 bits per heavy atom. The van der Waals surface area contributed by atoms with E-state index in [0.717, 1.165) is 19.0 Å². The summed E-state index contributed by atoms with van der Waals surface area (Å²) in [6.07, 6.45) is 2.42. The van der Waals surface area contributed by atoms with Crippen LogP contribution in [0.3, 0.4) is 0 Å². The van der Waals surface area contributed by atoms with Crippen LogP contribution < -0.4 is 5.32 Å². The van der Waals surface area contributed by atoms with Crippen LogP contribution in [0.5, 0.6) is 0 Å². The van der Waals surface area contributed by atoms with E-state index in [9.17, 15) is 4.79 Å². The molecule has 2 N–H and O–H groups in total. The summed E-state index contributed by atoms with van der Waals surface area (Å²) in [5.74, 6) is 0.788. The highest BCUT2D eigenvalue weighted by Gasteiger charge is 2.22. The van der Waals surface area contributed by atoms with E-state index in [2.05, 4.69) is 17.1 Å². The number of aliphatic hydroxyl groups excluding tert-OH is 1. The molecular formula is C10H20N2O2. The molecule has 1 saturated heterocycles. The molecule has 82 valence electrons. The zero-order valence-electron chi connectivity index (χ0n) is 8.83. The molecule has 1 heterocycles. The second kappa shape index (κ2) is 5.98. The van der Waals surface area contributed by atoms with Crippen LogP contribution in [0.4, 0.5) is 0 Å². The van der Waals surface area contributed by atoms with Crippen molar-refractivity contribution in [1.29, 1.82) is 0 Å². The molecule has 0 aromatic carbocycles. The maximum Gasteiger partial charge on any atom is 0.234 e. The van der Waals surface area contributed by atoms with Gasteiger partial charge in [0.2, 0.25) is 5.91 Å². The van der Waals surface area contributed by atoms with Crippen molar-refractivity contribution in [3.05, 3.63) is 0 Å². The van der Waals surface area contributed by atoms with E-state index in [1.165, 1.54) is 12.8 Å². The van der Waals surface area contributed by atoms with E-state index < -0.39 is 0 Å². The van der Waals surface area contributed by atoms with Gasteiger partial charge in [-0.2, -0.15) is 0 Å². The first-order chi connectivity index (χ1) is 6.76. The molecule has 1 fully saturated rings. The molecule has 0 aliphatic carbocycles. The van der Waals surface area contributed by atoms with Crippen molar-refractivity contribution < 1.29 is 9.90 Å². The van der Waals surface area contributed by atoms with Crippen molar-refractivity contribution in [2.24, 2.45) is 5.92 Å². The van der Waals surface area contributed by atoms with Crippen molar-refractivity contribution >= 4 is 5.91 Å². The summed E-state index contributed by atoms with van der Waals surface area (Å²) < 4.78 is 0. The minimum atomic E-state index is 0.0172. The Kier molecular flexibility index (Phi) is 4.90. The number of hydrogen-bond donors (Lipinski definition) is 2. The Morgan fingerprint density at radius 2 is 2.43 bits per heavy atom. The summed E-state index contributed by atoms with van der Waals surface area (Å²) in [5.41, 5.74) is 0. The lowest BCUT2D eigenvalue weighted by Crippen LogP contribution is -2.37. The molecule has 14 heavy (non-hydrogen) atoms. The van der Waals surface area contributed by atoms with Gasteiger partial charge in [0.15, 0.2) is 0 Å². The zero-order chi connectivity index (χ0) is 10.4. The molecule has 0 bridgehead atoms. The molecule has 0 aromatic rings. The summed E-state index contributed by atoms with van der Waals surface area (Å²) in [5, 5.41) is 11.2. The van der Waals surface area contributed by atoms with Gasteiger partial charge in [-0.25, -0.2) is 0 Å². The third-order valence-corrected chi connectivity index (χ3v) is 2.75. The summed E-state index contributed by atoms with van der Waals surface area (Å²) in [7, 11) is 0. The van der Waals surface area contributed by atoms with Crippen molar-refractivity contribution in [3.63, 3.8) is 0 Å². The van der Waals surface area contributed by atoms with Gasteiger partial charge in [0.05, 0.1) is 13.2 Å². The number of amides is 1. The van der Waals surface area contributed by atoms with Crippen LogP contribution in [0.25, 0.3) is 0 Å². The number of carbonyl (C=O) groups excluding carboxylic acids is 1. The molecule has 1 rings (SSSR count). The van der Waals surface area contributed by atoms with Crippen LogP contribution in [0.1, 0.15) is 19.8 Å². The predicted molar refractivity (Wildman–Crippen MR) is 54.9 cm³/mol. The molecule has 1 aliphatic heterocycles. The topological polar surface area (TPSA) is 52.6 Å². The minimum Gasteiger partial charge on any atom is -0.395 e. The Balaban J connectivity index is 2.15. The second-order valence-corrected chi connectivity index (χ2v) is 3.87. The number of nitrogens with zero attached hydrogens (tertiary/aromatic N) is 1. The number of rotatable bonds is 5. The second-order valence-electron chi connectivity index (χ2n) is 3.87. The molecule has 0 radical (unpaired) electrons. The monoisotopic (exact) mass is 200 g/mol. The largest absolute Gasteiger partial charge is 0.395 e. The fourth-order valence-electron chi connectivity index (χ4n) is 1.84. The Labute approximate surface area is 85.3 Å². The van der Waals surface area contributed by atoms with Gasteiger partial charge in [-0.15, -0.1) is 0 Å². The highest BCUT2D eigenvalue weighted by Crippen LogP contribution is 2.18. The lowest BCUT2D eigenvalue weighted by Gasteiger charge is -2.14. The Hall–Kier alpha value is -0.610. The predicted octanol–water partition coefficient (Wildman–Crippen LogP) is -0.173. The maximum atomic E-state index is 11.3. The van der Waals surface area contributed by atoms with Gasteiger partial charge in [-0.1, -0.05) is 13.3 Å². The summed E-state index contributed by atoms with van der Waals surface area (Å²) in [6.45, 7) is 5.14. The van der Waals surface area contributed by atoms with E-state index in [4.69, 9.17) is 5.11 Å². The van der Waals surface area contributed by atoms with Gasteiger partial charge in [0.25, 0.3) is 0 Å². The van der Waals surface area contributed by atoms with Crippen molar-refractivity contribution in [1.82, 2.24) is 10.2 Å². The van der Waals surface area contributed by atoms with E-state index in [0.29, 0.717) is 13.1 Å². The van der Waals surface area contributed by atoms with Crippen LogP contribution in [0.15, 0.2) is 0 Å². The molecule has 1 amide bonds. The van der Waals surface area contributed by atoms with Crippen molar-refractivity contribution in [3.8, 4) is 0 Å². The number of carbonyl (C=O) groups is 1. The Bertz CT molecular complexity index is 185. The van der Waals surface area contributed by atoms with Gasteiger partial charge in [-0.3, -0.25) is 9.69 Å². The lowest BCUT2D eigenvalue weighted by molar-refractivity contribution is -0.122. The van der Waals surface area contributed by atoms with Gasteiger partial charge in [0, 0.05) is 13.1 Å². The van der Waals surface area contributed by atoms with Gasteiger partial charge >= 0.3 is 0 Å². The SMILES string of the molecule is CCC1CCN(CC(=O)NCCO)C1. The van der Waals surface area contributed by atoms with Crippen molar-refractivity contribution in [2.75, 3.05) is 32.8 Å². The van der Waals surface area contributed by atoms with Crippen LogP contribution in [0, 0.1) is 5.92 Å². The third-order valence-electron chi connectivity index (χ3n) is 2.75. The first-order valence-corrected chi connectivity index (χ1v) is 5.36. The third kappa shape index (κ3) is 3.64. The number of nitrogens with one attached hydrogen (secondary N) is 1. The lowest BCUT2D eigenvalue weighted by atomic mass is 10.1. The fourth-order valence-corrected chi connectivity index (χ4v) is 1.84. The molecule has 0 spiro atoms. The highest BCUT2D eigenvalue weighted by atomic mass is 16.3. The number of hydrogen-bond acceptors (Lipinski definition) is 3. The average Bonchev–Trinajstić information content (AvgIpc) is 2.62. The maximum absolute atomic E-state index is 11.3. The molecule has 0 saturated carbocycles. The normalized spacial score (nSPS) is 22.6. The molecule has 1 atom stereocenters.